The summed E-state index contributed by atoms with van der Waals surface area (Å²) >= 11 is 0. The predicted molar refractivity (Wildman–Crippen MR) is 69.1 cm³/mol. The zero-order valence-electron chi connectivity index (χ0n) is 12.0. The molecule has 1 rings (SSSR count). The summed E-state index contributed by atoms with van der Waals surface area (Å²) in [6, 6.07) is 0. The summed E-state index contributed by atoms with van der Waals surface area (Å²) in [7, 11) is 1.59. The molecule has 1 saturated heterocycles. The second kappa shape index (κ2) is 5.26. The van der Waals surface area contributed by atoms with Crippen molar-refractivity contribution in [1.82, 2.24) is 10.2 Å². The van der Waals surface area contributed by atoms with Crippen LogP contribution in [0.15, 0.2) is 0 Å². The smallest absolute Gasteiger partial charge is 0.246 e. The molecule has 104 valence electrons. The van der Waals surface area contributed by atoms with Gasteiger partial charge >= 0.3 is 0 Å². The van der Waals surface area contributed by atoms with Crippen molar-refractivity contribution in [1.29, 1.82) is 0 Å². The van der Waals surface area contributed by atoms with Crippen molar-refractivity contribution in [2.24, 2.45) is 0 Å². The van der Waals surface area contributed by atoms with E-state index in [2.05, 4.69) is 5.32 Å². The number of nitrogens with one attached hydrogen (secondary N) is 1. The minimum atomic E-state index is -0.747. The summed E-state index contributed by atoms with van der Waals surface area (Å²) in [5, 5.41) is 2.95. The van der Waals surface area contributed by atoms with Crippen molar-refractivity contribution in [2.75, 3.05) is 20.3 Å². The number of rotatable bonds is 4. The molecule has 1 heterocycles. The summed E-state index contributed by atoms with van der Waals surface area (Å²) < 4.78 is 5.00. The van der Waals surface area contributed by atoms with Crippen LogP contribution in [-0.2, 0) is 14.3 Å². The number of amides is 2. The lowest BCUT2D eigenvalue weighted by Crippen LogP contribution is -2.58. The molecule has 0 spiro atoms. The van der Waals surface area contributed by atoms with Crippen LogP contribution < -0.4 is 5.32 Å². The Hall–Kier alpha value is -1.10. The Labute approximate surface area is 109 Å². The van der Waals surface area contributed by atoms with E-state index < -0.39 is 5.54 Å². The van der Waals surface area contributed by atoms with Gasteiger partial charge in [0.05, 0.1) is 6.61 Å². The van der Waals surface area contributed by atoms with Crippen molar-refractivity contribution in [3.8, 4) is 0 Å². The molecule has 0 aliphatic carbocycles. The van der Waals surface area contributed by atoms with Gasteiger partial charge in [-0.3, -0.25) is 9.59 Å². The van der Waals surface area contributed by atoms with Gasteiger partial charge in [-0.05, 0) is 34.1 Å². The van der Waals surface area contributed by atoms with Gasteiger partial charge in [-0.1, -0.05) is 0 Å². The number of likely N-dealkylation sites (tertiary alicyclic amines) is 1. The van der Waals surface area contributed by atoms with Crippen LogP contribution in [0.2, 0.25) is 0 Å². The summed E-state index contributed by atoms with van der Waals surface area (Å²) in [4.78, 5) is 25.8. The first-order valence-corrected chi connectivity index (χ1v) is 6.33. The number of ether oxygens (including phenoxy) is 1. The minimum absolute atomic E-state index is 0.0265. The second-order valence-corrected chi connectivity index (χ2v) is 6.02. The predicted octanol–water partition coefficient (Wildman–Crippen LogP) is 0.929. The number of hydrogen-bond acceptors (Lipinski definition) is 3. The third-order valence-corrected chi connectivity index (χ3v) is 3.22. The molecule has 18 heavy (non-hydrogen) atoms. The Morgan fingerprint density at radius 3 is 2.61 bits per heavy atom. The number of nitrogens with zero attached hydrogens (tertiary/aromatic N) is 1. The Kier molecular flexibility index (Phi) is 4.37. The van der Waals surface area contributed by atoms with Crippen LogP contribution >= 0.6 is 0 Å². The Balaban J connectivity index is 2.82. The van der Waals surface area contributed by atoms with Crippen LogP contribution in [0, 0.1) is 0 Å². The maximum Gasteiger partial charge on any atom is 0.246 e. The summed E-state index contributed by atoms with van der Waals surface area (Å²) in [5.74, 6) is -0.0597. The average Bonchev–Trinajstić information content (AvgIpc) is 2.51. The Morgan fingerprint density at radius 2 is 2.11 bits per heavy atom. The highest BCUT2D eigenvalue weighted by molar-refractivity contribution is 5.94. The zero-order chi connectivity index (χ0) is 14.0. The molecule has 1 N–H and O–H groups in total. The van der Waals surface area contributed by atoms with Gasteiger partial charge in [0.2, 0.25) is 11.8 Å². The van der Waals surface area contributed by atoms with E-state index >= 15 is 0 Å². The van der Waals surface area contributed by atoms with Gasteiger partial charge in [0.1, 0.15) is 5.54 Å². The van der Waals surface area contributed by atoms with Gasteiger partial charge in [0.15, 0.2) is 0 Å². The summed E-state index contributed by atoms with van der Waals surface area (Å²) in [5.41, 5.74) is -1.04. The highest BCUT2D eigenvalue weighted by atomic mass is 16.5. The van der Waals surface area contributed by atoms with Crippen molar-refractivity contribution in [2.45, 2.75) is 51.6 Å². The maximum atomic E-state index is 12.4. The summed E-state index contributed by atoms with van der Waals surface area (Å²) in [6.07, 6.45) is 0.995. The fourth-order valence-corrected chi connectivity index (χ4v) is 2.16. The molecule has 1 aliphatic rings. The Bertz CT molecular complexity index is 336. The molecule has 1 atom stereocenters. The van der Waals surface area contributed by atoms with Gasteiger partial charge in [-0.15, -0.1) is 0 Å². The van der Waals surface area contributed by atoms with E-state index in [0.29, 0.717) is 26.0 Å². The lowest BCUT2D eigenvalue weighted by Gasteiger charge is -2.36. The molecule has 0 aromatic carbocycles. The molecule has 5 nitrogen and oxygen atoms in total. The second-order valence-electron chi connectivity index (χ2n) is 6.02. The molecule has 1 fully saturated rings. The quantitative estimate of drug-likeness (QED) is 0.814. The molecule has 0 saturated carbocycles. The molecule has 5 heteroatoms. The summed E-state index contributed by atoms with van der Waals surface area (Å²) in [6.45, 7) is 8.54. The fourth-order valence-electron chi connectivity index (χ4n) is 2.16. The van der Waals surface area contributed by atoms with Crippen LogP contribution in [-0.4, -0.2) is 48.1 Å². The van der Waals surface area contributed by atoms with E-state index in [4.69, 9.17) is 4.74 Å². The van der Waals surface area contributed by atoms with Crippen LogP contribution in [0.4, 0.5) is 0 Å². The van der Waals surface area contributed by atoms with Gasteiger partial charge in [-0.25, -0.2) is 0 Å². The van der Waals surface area contributed by atoms with E-state index in [1.807, 2.05) is 27.7 Å². The van der Waals surface area contributed by atoms with Crippen molar-refractivity contribution in [3.63, 3.8) is 0 Å². The van der Waals surface area contributed by atoms with Gasteiger partial charge in [-0.2, -0.15) is 0 Å². The Morgan fingerprint density at radius 1 is 1.50 bits per heavy atom. The van der Waals surface area contributed by atoms with E-state index in [-0.39, 0.29) is 17.4 Å². The topological polar surface area (TPSA) is 58.6 Å². The standard InChI is InChI=1S/C13H24N2O3/c1-12(2,3)14-11(17)13(4)7-6-10(16)15(13)8-9-18-5/h6-9H2,1-5H3,(H,14,17). The van der Waals surface area contributed by atoms with Gasteiger partial charge < -0.3 is 15.0 Å². The van der Waals surface area contributed by atoms with Gasteiger partial charge in [0.25, 0.3) is 0 Å². The number of hydrogen-bond donors (Lipinski definition) is 1. The molecule has 0 aromatic heterocycles. The first-order chi connectivity index (χ1) is 8.20. The average molecular weight is 256 g/mol. The molecule has 0 radical (unpaired) electrons. The first-order valence-electron chi connectivity index (χ1n) is 6.33. The molecule has 1 unspecified atom stereocenters. The van der Waals surface area contributed by atoms with Crippen molar-refractivity contribution in [3.05, 3.63) is 0 Å². The molecule has 0 aromatic rings. The molecular formula is C13H24N2O3. The SMILES string of the molecule is COCCN1C(=O)CCC1(C)C(=O)NC(C)(C)C. The largest absolute Gasteiger partial charge is 0.383 e. The van der Waals surface area contributed by atoms with E-state index in [1.165, 1.54) is 0 Å². The third kappa shape index (κ3) is 3.22. The van der Waals surface area contributed by atoms with E-state index in [0.717, 1.165) is 0 Å². The van der Waals surface area contributed by atoms with Crippen LogP contribution in [0.25, 0.3) is 0 Å². The number of carbonyl (C=O) groups is 2. The molecule has 2 amide bonds. The van der Waals surface area contributed by atoms with Crippen molar-refractivity contribution < 1.29 is 14.3 Å². The first kappa shape index (κ1) is 15.0. The highest BCUT2D eigenvalue weighted by Crippen LogP contribution is 2.30. The number of carbonyl (C=O) groups excluding carboxylic acids is 2. The lowest BCUT2D eigenvalue weighted by molar-refractivity contribution is -0.142. The van der Waals surface area contributed by atoms with Gasteiger partial charge in [0, 0.05) is 25.6 Å². The monoisotopic (exact) mass is 256 g/mol. The number of methoxy groups -OCH3 is 1. The zero-order valence-corrected chi connectivity index (χ0v) is 12.0. The highest BCUT2D eigenvalue weighted by Gasteiger charge is 2.47. The minimum Gasteiger partial charge on any atom is -0.383 e. The maximum absolute atomic E-state index is 12.4. The fraction of sp³-hybridized carbons (Fsp3) is 0.846. The lowest BCUT2D eigenvalue weighted by atomic mass is 9.95. The van der Waals surface area contributed by atoms with Crippen LogP contribution in [0.1, 0.15) is 40.5 Å². The van der Waals surface area contributed by atoms with E-state index in [9.17, 15) is 9.59 Å². The van der Waals surface area contributed by atoms with Crippen molar-refractivity contribution >= 4 is 11.8 Å². The van der Waals surface area contributed by atoms with E-state index in [1.54, 1.807) is 12.0 Å². The third-order valence-electron chi connectivity index (χ3n) is 3.22. The molecule has 1 aliphatic heterocycles. The normalized spacial score (nSPS) is 24.5. The molecular weight excluding hydrogens is 232 g/mol. The van der Waals surface area contributed by atoms with Crippen LogP contribution in [0.5, 0.6) is 0 Å². The molecule has 0 bridgehead atoms. The van der Waals surface area contributed by atoms with Crippen LogP contribution in [0.3, 0.4) is 0 Å².